The molecule has 1 saturated carbocycles. The molecule has 2 atom stereocenters. The number of aliphatic carboxylic acids is 1. The van der Waals surface area contributed by atoms with E-state index in [1.165, 1.54) is 36.0 Å². The second-order valence-corrected chi connectivity index (χ2v) is 10.3. The Bertz CT molecular complexity index is 1510. The second-order valence-electron chi connectivity index (χ2n) is 10.3. The van der Waals surface area contributed by atoms with E-state index in [-0.39, 0.29) is 23.5 Å². The van der Waals surface area contributed by atoms with Crippen molar-refractivity contribution in [3.8, 4) is 11.1 Å². The fourth-order valence-electron chi connectivity index (χ4n) is 4.89. The van der Waals surface area contributed by atoms with E-state index in [1.807, 2.05) is 32.0 Å². The van der Waals surface area contributed by atoms with Gasteiger partial charge in [-0.15, -0.1) is 0 Å². The van der Waals surface area contributed by atoms with Crippen molar-refractivity contribution in [1.82, 2.24) is 15.2 Å². The van der Waals surface area contributed by atoms with Crippen LogP contribution in [0.2, 0.25) is 0 Å². The molecule has 10 heteroatoms. The summed E-state index contributed by atoms with van der Waals surface area (Å²) in [6, 6.07) is 8.21. The summed E-state index contributed by atoms with van der Waals surface area (Å²) in [4.78, 5) is 50.5. The number of carboxylic acids is 1. The highest BCUT2D eigenvalue weighted by molar-refractivity contribution is 5.97. The van der Waals surface area contributed by atoms with Crippen LogP contribution in [-0.4, -0.2) is 33.5 Å². The summed E-state index contributed by atoms with van der Waals surface area (Å²) < 4.78 is 31.3. The zero-order valence-corrected chi connectivity index (χ0v) is 22.5. The molecule has 40 heavy (non-hydrogen) atoms. The zero-order valence-electron chi connectivity index (χ0n) is 22.5. The lowest BCUT2D eigenvalue weighted by molar-refractivity contribution is -0.137. The number of hydrogen-bond acceptors (Lipinski definition) is 4. The maximum Gasteiger partial charge on any atom is 0.305 e. The Morgan fingerprint density at radius 2 is 1.73 bits per heavy atom. The molecule has 1 aromatic heterocycles. The van der Waals surface area contributed by atoms with E-state index >= 15 is 4.39 Å². The topological polar surface area (TPSA) is 118 Å². The highest BCUT2D eigenvalue weighted by Gasteiger charge is 2.33. The molecule has 0 spiro atoms. The largest absolute Gasteiger partial charge is 0.481 e. The van der Waals surface area contributed by atoms with Crippen LogP contribution >= 0.6 is 0 Å². The standard InChI is InChI=1S/C30H31F2N3O5/c1-16-6-4-7-17(2)26(16)19-13-21(27(32)22(31)14-19)23(15-25(36)37)33-29(39)24(12-18-9-10-18)34-28(38)20-8-5-11-35(3)30(20)40/h4-8,11,13-14,18,23-24H,9-10,12,15H2,1-3H3,(H,33,39)(H,34,38)(H,36,37)/t23-,24-/m0/s1. The first-order valence-electron chi connectivity index (χ1n) is 13.0. The van der Waals surface area contributed by atoms with Gasteiger partial charge in [-0.2, -0.15) is 0 Å². The number of aromatic nitrogens is 1. The Balaban J connectivity index is 1.67. The van der Waals surface area contributed by atoms with Crippen LogP contribution in [0.15, 0.2) is 53.5 Å². The van der Waals surface area contributed by atoms with E-state index in [9.17, 15) is 28.7 Å². The number of carboxylic acid groups (broad SMARTS) is 1. The van der Waals surface area contributed by atoms with Gasteiger partial charge in [0, 0.05) is 18.8 Å². The van der Waals surface area contributed by atoms with Crippen molar-refractivity contribution in [2.24, 2.45) is 13.0 Å². The third-order valence-corrected chi connectivity index (χ3v) is 7.15. The Morgan fingerprint density at radius 3 is 2.35 bits per heavy atom. The van der Waals surface area contributed by atoms with Crippen molar-refractivity contribution in [3.63, 3.8) is 0 Å². The van der Waals surface area contributed by atoms with Crippen LogP contribution in [0.5, 0.6) is 0 Å². The van der Waals surface area contributed by atoms with Gasteiger partial charge in [0.1, 0.15) is 11.6 Å². The molecule has 2 aromatic carbocycles. The predicted molar refractivity (Wildman–Crippen MR) is 145 cm³/mol. The van der Waals surface area contributed by atoms with Crippen molar-refractivity contribution in [1.29, 1.82) is 0 Å². The molecule has 0 saturated heterocycles. The van der Waals surface area contributed by atoms with Gasteiger partial charge in [-0.1, -0.05) is 31.0 Å². The van der Waals surface area contributed by atoms with Crippen molar-refractivity contribution in [3.05, 3.63) is 92.9 Å². The van der Waals surface area contributed by atoms with E-state index in [0.717, 1.165) is 30.0 Å². The van der Waals surface area contributed by atoms with Crippen LogP contribution in [0, 0.1) is 31.4 Å². The highest BCUT2D eigenvalue weighted by atomic mass is 19.2. The quantitative estimate of drug-likeness (QED) is 0.350. The Morgan fingerprint density at radius 1 is 1.05 bits per heavy atom. The number of rotatable bonds is 10. The number of halogens is 2. The number of amides is 2. The smallest absolute Gasteiger partial charge is 0.305 e. The fourth-order valence-corrected chi connectivity index (χ4v) is 4.89. The zero-order chi connectivity index (χ0) is 29.1. The van der Waals surface area contributed by atoms with E-state index in [2.05, 4.69) is 10.6 Å². The molecule has 0 aliphatic heterocycles. The first kappa shape index (κ1) is 28.7. The molecule has 3 aromatic rings. The highest BCUT2D eigenvalue weighted by Crippen LogP contribution is 2.35. The van der Waals surface area contributed by atoms with Gasteiger partial charge in [0.25, 0.3) is 11.5 Å². The Hall–Kier alpha value is -4.34. The van der Waals surface area contributed by atoms with Crippen LogP contribution < -0.4 is 16.2 Å². The van der Waals surface area contributed by atoms with Crippen molar-refractivity contribution in [2.75, 3.05) is 0 Å². The Labute approximate surface area is 230 Å². The van der Waals surface area contributed by atoms with Gasteiger partial charge in [0.05, 0.1) is 12.5 Å². The van der Waals surface area contributed by atoms with Gasteiger partial charge in [0.2, 0.25) is 5.91 Å². The molecule has 2 amide bonds. The third-order valence-electron chi connectivity index (χ3n) is 7.15. The lowest BCUT2D eigenvalue weighted by atomic mass is 9.92. The molecule has 0 bridgehead atoms. The van der Waals surface area contributed by atoms with Gasteiger partial charge < -0.3 is 20.3 Å². The second kappa shape index (κ2) is 11.8. The molecule has 8 nitrogen and oxygen atoms in total. The summed E-state index contributed by atoms with van der Waals surface area (Å²) in [5, 5.41) is 14.7. The van der Waals surface area contributed by atoms with Crippen molar-refractivity contribution >= 4 is 17.8 Å². The number of nitrogens with one attached hydrogen (secondary N) is 2. The van der Waals surface area contributed by atoms with Crippen LogP contribution in [0.1, 0.15) is 58.8 Å². The minimum atomic E-state index is -1.42. The number of benzene rings is 2. The first-order valence-corrected chi connectivity index (χ1v) is 13.0. The van der Waals surface area contributed by atoms with Gasteiger partial charge in [-0.25, -0.2) is 8.78 Å². The van der Waals surface area contributed by atoms with Crippen LogP contribution in [-0.2, 0) is 16.6 Å². The van der Waals surface area contributed by atoms with Crippen LogP contribution in [0.3, 0.4) is 0 Å². The molecule has 210 valence electrons. The Kier molecular flexibility index (Phi) is 8.46. The van der Waals surface area contributed by atoms with E-state index < -0.39 is 53.5 Å². The predicted octanol–water partition coefficient (Wildman–Crippen LogP) is 4.18. The van der Waals surface area contributed by atoms with Crippen molar-refractivity contribution in [2.45, 2.75) is 51.6 Å². The number of aryl methyl sites for hydroxylation is 3. The maximum atomic E-state index is 15.2. The summed E-state index contributed by atoms with van der Waals surface area (Å²) in [6.45, 7) is 3.65. The minimum absolute atomic E-state index is 0.157. The molecular weight excluding hydrogens is 520 g/mol. The summed E-state index contributed by atoms with van der Waals surface area (Å²) in [5.74, 6) is -5.13. The average molecular weight is 552 g/mol. The molecule has 0 radical (unpaired) electrons. The normalized spacial score (nSPS) is 14.3. The van der Waals surface area contributed by atoms with Crippen LogP contribution in [0.4, 0.5) is 8.78 Å². The molecular formula is C30H31F2N3O5. The SMILES string of the molecule is Cc1cccc(C)c1-c1cc(F)c(F)c([C@H](CC(=O)O)NC(=O)[C@H](CC2CC2)NC(=O)c2cccn(C)c2=O)c1. The van der Waals surface area contributed by atoms with Gasteiger partial charge in [-0.3, -0.25) is 19.2 Å². The van der Waals surface area contributed by atoms with Crippen LogP contribution in [0.25, 0.3) is 11.1 Å². The first-order chi connectivity index (χ1) is 19.0. The minimum Gasteiger partial charge on any atom is -0.481 e. The number of pyridine rings is 1. The summed E-state index contributed by atoms with van der Waals surface area (Å²) in [5.41, 5.74) is 1.63. The van der Waals surface area contributed by atoms with E-state index in [0.29, 0.717) is 11.1 Å². The third kappa shape index (κ3) is 6.44. The molecule has 1 aliphatic rings. The molecule has 1 aliphatic carbocycles. The summed E-state index contributed by atoms with van der Waals surface area (Å²) >= 11 is 0. The monoisotopic (exact) mass is 551 g/mol. The summed E-state index contributed by atoms with van der Waals surface area (Å²) in [7, 11) is 1.49. The molecule has 4 rings (SSSR count). The van der Waals surface area contributed by atoms with E-state index in [4.69, 9.17) is 0 Å². The lowest BCUT2D eigenvalue weighted by Crippen LogP contribution is -2.49. The van der Waals surface area contributed by atoms with Gasteiger partial charge in [0.15, 0.2) is 11.6 Å². The van der Waals surface area contributed by atoms with Gasteiger partial charge in [-0.05, 0) is 72.7 Å². The number of carbonyl (C=O) groups is 3. The van der Waals surface area contributed by atoms with E-state index in [1.54, 1.807) is 0 Å². The fraction of sp³-hybridized carbons (Fsp3) is 0.333. The number of nitrogens with zero attached hydrogens (tertiary/aromatic N) is 1. The number of carbonyl (C=O) groups excluding carboxylic acids is 2. The maximum absolute atomic E-state index is 15.2. The number of hydrogen-bond donors (Lipinski definition) is 3. The summed E-state index contributed by atoms with van der Waals surface area (Å²) in [6.07, 6.45) is 2.72. The molecule has 1 fully saturated rings. The van der Waals surface area contributed by atoms with Gasteiger partial charge >= 0.3 is 5.97 Å². The average Bonchev–Trinajstić information content (AvgIpc) is 3.70. The lowest BCUT2D eigenvalue weighted by Gasteiger charge is -2.24. The molecule has 3 N–H and O–H groups in total. The molecule has 1 heterocycles. The molecule has 0 unspecified atom stereocenters. The van der Waals surface area contributed by atoms with Crippen molar-refractivity contribution < 1.29 is 28.3 Å².